The van der Waals surface area contributed by atoms with Gasteiger partial charge in [0.2, 0.25) is 0 Å². The van der Waals surface area contributed by atoms with Crippen molar-refractivity contribution in [3.05, 3.63) is 29.5 Å². The van der Waals surface area contributed by atoms with Gasteiger partial charge in [0.05, 0.1) is 14.2 Å². The number of carbonyl (C=O) groups is 3. The maximum absolute atomic E-state index is 12.2. The highest BCUT2D eigenvalue weighted by Gasteiger charge is 2.35. The molecule has 0 unspecified atom stereocenters. The Morgan fingerprint density at radius 2 is 2.08 bits per heavy atom. The fourth-order valence-electron chi connectivity index (χ4n) is 2.09. The summed E-state index contributed by atoms with van der Waals surface area (Å²) in [5.74, 6) is 1.91. The summed E-state index contributed by atoms with van der Waals surface area (Å²) < 4.78 is 15.0. The van der Waals surface area contributed by atoms with E-state index in [4.69, 9.17) is 15.9 Å². The second-order valence-electron chi connectivity index (χ2n) is 4.86. The van der Waals surface area contributed by atoms with Gasteiger partial charge in [-0.15, -0.1) is 6.42 Å². The first kappa shape index (κ1) is 17.9. The lowest BCUT2D eigenvalue weighted by molar-refractivity contribution is -0.143. The van der Waals surface area contributed by atoms with Crippen LogP contribution in [0.4, 0.5) is 4.79 Å². The van der Waals surface area contributed by atoms with Gasteiger partial charge in [0.15, 0.2) is 11.5 Å². The minimum atomic E-state index is -0.693. The molecule has 1 aliphatic heterocycles. The molecule has 8 heteroatoms. The van der Waals surface area contributed by atoms with E-state index in [0.29, 0.717) is 17.1 Å². The third-order valence-electron chi connectivity index (χ3n) is 3.29. The number of ether oxygens (including phenoxy) is 3. The van der Waals surface area contributed by atoms with Gasteiger partial charge in [0, 0.05) is 0 Å². The van der Waals surface area contributed by atoms with Crippen LogP contribution in [0, 0.1) is 12.3 Å². The molecule has 1 N–H and O–H groups in total. The Hall–Kier alpha value is -3.47. The van der Waals surface area contributed by atoms with Gasteiger partial charge in [-0.25, -0.2) is 9.69 Å². The minimum Gasteiger partial charge on any atom is -0.493 e. The maximum atomic E-state index is 12.2. The highest BCUT2D eigenvalue weighted by Crippen LogP contribution is 2.29. The number of amides is 3. The van der Waals surface area contributed by atoms with E-state index >= 15 is 0 Å². The van der Waals surface area contributed by atoms with E-state index in [0.717, 1.165) is 4.90 Å². The van der Waals surface area contributed by atoms with Crippen molar-refractivity contribution in [2.45, 2.75) is 0 Å². The topological polar surface area (TPSA) is 94.2 Å². The van der Waals surface area contributed by atoms with Gasteiger partial charge in [-0.1, -0.05) is 12.0 Å². The van der Waals surface area contributed by atoms with Crippen molar-refractivity contribution in [2.24, 2.45) is 0 Å². The van der Waals surface area contributed by atoms with E-state index in [1.54, 1.807) is 18.2 Å². The molecule has 0 spiro atoms. The number of terminal acetylenes is 1. The lowest BCUT2D eigenvalue weighted by Gasteiger charge is -2.10. The number of rotatable bonds is 6. The number of benzene rings is 1. The van der Waals surface area contributed by atoms with Crippen molar-refractivity contribution >= 4 is 24.0 Å². The predicted molar refractivity (Wildman–Crippen MR) is 87.6 cm³/mol. The molecular weight excluding hydrogens is 328 g/mol. The van der Waals surface area contributed by atoms with Crippen LogP contribution in [0.2, 0.25) is 0 Å². The van der Waals surface area contributed by atoms with Crippen LogP contribution in [-0.4, -0.2) is 50.2 Å². The van der Waals surface area contributed by atoms with Gasteiger partial charge < -0.3 is 19.5 Å². The fourth-order valence-corrected chi connectivity index (χ4v) is 2.09. The summed E-state index contributed by atoms with van der Waals surface area (Å²) in [6.07, 6.45) is 6.62. The second kappa shape index (κ2) is 7.88. The van der Waals surface area contributed by atoms with Crippen molar-refractivity contribution in [3.8, 4) is 23.8 Å². The van der Waals surface area contributed by atoms with Gasteiger partial charge in [0.1, 0.15) is 18.8 Å². The maximum Gasteiger partial charge on any atom is 0.329 e. The van der Waals surface area contributed by atoms with Gasteiger partial charge in [-0.3, -0.25) is 9.59 Å². The molecule has 0 aromatic heterocycles. The van der Waals surface area contributed by atoms with Crippen LogP contribution in [0.1, 0.15) is 5.56 Å². The van der Waals surface area contributed by atoms with Crippen LogP contribution in [0.15, 0.2) is 23.9 Å². The minimum absolute atomic E-state index is 0.0354. The van der Waals surface area contributed by atoms with Gasteiger partial charge in [-0.2, -0.15) is 0 Å². The first-order valence-electron chi connectivity index (χ1n) is 7.15. The van der Waals surface area contributed by atoms with Gasteiger partial charge in [0.25, 0.3) is 5.91 Å². The molecule has 1 aliphatic rings. The Bertz CT molecular complexity index is 778. The molecule has 8 nitrogen and oxygen atoms in total. The number of urea groups is 1. The number of methoxy groups -OCH3 is 2. The molecule has 130 valence electrons. The molecule has 2 rings (SSSR count). The first-order valence-corrected chi connectivity index (χ1v) is 7.15. The Balaban J connectivity index is 2.23. The highest BCUT2D eigenvalue weighted by molar-refractivity contribution is 6.15. The molecular formula is C17H16N2O6. The lowest BCUT2D eigenvalue weighted by Crippen LogP contribution is -2.36. The fraction of sp³-hybridized carbons (Fsp3) is 0.235. The molecule has 0 bridgehead atoms. The Kier molecular flexibility index (Phi) is 5.63. The molecule has 0 saturated carbocycles. The molecule has 0 atom stereocenters. The lowest BCUT2D eigenvalue weighted by atomic mass is 10.1. The van der Waals surface area contributed by atoms with Crippen LogP contribution in [0.3, 0.4) is 0 Å². The predicted octanol–water partition coefficient (Wildman–Crippen LogP) is 0.773. The normalized spacial score (nSPS) is 14.9. The number of esters is 1. The van der Waals surface area contributed by atoms with Gasteiger partial charge in [-0.05, 0) is 23.8 Å². The van der Waals surface area contributed by atoms with E-state index in [-0.39, 0.29) is 12.3 Å². The number of nitrogens with zero attached hydrogens (tertiary/aromatic N) is 1. The SMILES string of the molecule is C#CCOc1ccc(C=C2NC(=O)N(CC(=O)OC)C2=O)cc1OC. The van der Waals surface area contributed by atoms with Crippen molar-refractivity contribution in [3.63, 3.8) is 0 Å². The second-order valence-corrected chi connectivity index (χ2v) is 4.86. The number of carbonyl (C=O) groups excluding carboxylic acids is 3. The smallest absolute Gasteiger partial charge is 0.329 e. The van der Waals surface area contributed by atoms with E-state index in [1.807, 2.05) is 0 Å². The molecule has 1 aromatic carbocycles. The standard InChI is InChI=1S/C17H16N2O6/c1-4-7-25-13-6-5-11(9-14(13)23-2)8-12-16(21)19(17(22)18-12)10-15(20)24-3/h1,5-6,8-9H,7,10H2,2-3H3,(H,18,22). The average molecular weight is 344 g/mol. The van der Waals surface area contributed by atoms with Crippen LogP contribution in [0.25, 0.3) is 6.08 Å². The summed E-state index contributed by atoms with van der Waals surface area (Å²) in [5.41, 5.74) is 0.627. The first-order chi connectivity index (χ1) is 12.0. The molecule has 0 radical (unpaired) electrons. The largest absolute Gasteiger partial charge is 0.493 e. The Morgan fingerprint density at radius 1 is 1.32 bits per heavy atom. The monoisotopic (exact) mass is 344 g/mol. The van der Waals surface area contributed by atoms with Crippen molar-refractivity contribution < 1.29 is 28.6 Å². The zero-order chi connectivity index (χ0) is 18.4. The third kappa shape index (κ3) is 4.09. The third-order valence-corrected chi connectivity index (χ3v) is 3.29. The van der Waals surface area contributed by atoms with Gasteiger partial charge >= 0.3 is 12.0 Å². The van der Waals surface area contributed by atoms with Crippen LogP contribution in [0.5, 0.6) is 11.5 Å². The van der Waals surface area contributed by atoms with E-state index in [1.165, 1.54) is 20.3 Å². The molecule has 0 aliphatic carbocycles. The zero-order valence-corrected chi connectivity index (χ0v) is 13.7. The summed E-state index contributed by atoms with van der Waals surface area (Å²) in [5, 5.41) is 2.41. The molecule has 1 aromatic rings. The Morgan fingerprint density at radius 3 is 2.72 bits per heavy atom. The number of hydrogen-bond acceptors (Lipinski definition) is 6. The van der Waals surface area contributed by atoms with Crippen molar-refractivity contribution in [2.75, 3.05) is 27.4 Å². The Labute approximate surface area is 144 Å². The van der Waals surface area contributed by atoms with E-state index in [2.05, 4.69) is 16.0 Å². The van der Waals surface area contributed by atoms with E-state index in [9.17, 15) is 14.4 Å². The van der Waals surface area contributed by atoms with Crippen LogP contribution >= 0.6 is 0 Å². The molecule has 1 heterocycles. The quantitative estimate of drug-likeness (QED) is 0.355. The van der Waals surface area contributed by atoms with Crippen LogP contribution < -0.4 is 14.8 Å². The molecule has 1 saturated heterocycles. The molecule has 3 amide bonds. The summed E-state index contributed by atoms with van der Waals surface area (Å²) in [6, 6.07) is 4.24. The summed E-state index contributed by atoms with van der Waals surface area (Å²) in [4.78, 5) is 36.1. The zero-order valence-electron chi connectivity index (χ0n) is 13.7. The molecule has 1 fully saturated rings. The average Bonchev–Trinajstić information content (AvgIpc) is 2.87. The molecule has 25 heavy (non-hydrogen) atoms. The number of hydrogen-bond donors (Lipinski definition) is 1. The van der Waals surface area contributed by atoms with Crippen molar-refractivity contribution in [1.82, 2.24) is 10.2 Å². The summed E-state index contributed by atoms with van der Waals surface area (Å²) >= 11 is 0. The number of nitrogens with one attached hydrogen (secondary N) is 1. The van der Waals surface area contributed by atoms with Crippen molar-refractivity contribution in [1.29, 1.82) is 0 Å². The van der Waals surface area contributed by atoms with E-state index < -0.39 is 24.5 Å². The van der Waals surface area contributed by atoms with Crippen LogP contribution in [-0.2, 0) is 14.3 Å². The number of imide groups is 1. The summed E-state index contributed by atoms with van der Waals surface area (Å²) in [7, 11) is 2.64. The summed E-state index contributed by atoms with van der Waals surface area (Å²) in [6.45, 7) is -0.367. The highest BCUT2D eigenvalue weighted by atomic mass is 16.5.